The summed E-state index contributed by atoms with van der Waals surface area (Å²) < 4.78 is 15.9. The molecule has 7 nitrogen and oxygen atoms in total. The average Bonchev–Trinajstić information content (AvgIpc) is 3.25. The van der Waals surface area contributed by atoms with Gasteiger partial charge in [-0.05, 0) is 49.4 Å². The van der Waals surface area contributed by atoms with E-state index in [1.165, 1.54) is 6.07 Å². The lowest BCUT2D eigenvalue weighted by atomic mass is 10.1. The number of imidazole rings is 1. The molecule has 1 saturated heterocycles. The third kappa shape index (κ3) is 3.48. The van der Waals surface area contributed by atoms with E-state index in [1.807, 2.05) is 47.1 Å². The number of halogens is 1. The molecule has 1 fully saturated rings. The van der Waals surface area contributed by atoms with Crippen molar-refractivity contribution in [3.05, 3.63) is 72.4 Å². The Kier molecular flexibility index (Phi) is 4.73. The summed E-state index contributed by atoms with van der Waals surface area (Å²) in [6.45, 7) is 5.47. The van der Waals surface area contributed by atoms with Crippen LogP contribution in [0.15, 0.2) is 60.9 Å². The number of hydrogen-bond acceptors (Lipinski definition) is 6. The second-order valence-electron chi connectivity index (χ2n) is 8.17. The van der Waals surface area contributed by atoms with Gasteiger partial charge in [0.1, 0.15) is 22.9 Å². The minimum absolute atomic E-state index is 0.334. The van der Waals surface area contributed by atoms with Gasteiger partial charge in [-0.25, -0.2) is 19.3 Å². The molecule has 164 valence electrons. The first-order valence-corrected chi connectivity index (χ1v) is 11.0. The van der Waals surface area contributed by atoms with Crippen LogP contribution < -0.4 is 10.2 Å². The maximum absolute atomic E-state index is 13.9. The summed E-state index contributed by atoms with van der Waals surface area (Å²) in [5.41, 5.74) is 6.71. The van der Waals surface area contributed by atoms with E-state index < -0.39 is 0 Å². The van der Waals surface area contributed by atoms with Crippen molar-refractivity contribution in [1.29, 1.82) is 0 Å². The Balaban J connectivity index is 1.53. The summed E-state index contributed by atoms with van der Waals surface area (Å²) in [6, 6.07) is 15.0. The molecule has 0 saturated carbocycles. The van der Waals surface area contributed by atoms with E-state index in [9.17, 15) is 4.39 Å². The Labute approximate surface area is 190 Å². The van der Waals surface area contributed by atoms with E-state index in [-0.39, 0.29) is 5.82 Å². The van der Waals surface area contributed by atoms with Crippen molar-refractivity contribution in [1.82, 2.24) is 29.7 Å². The Morgan fingerprint density at radius 2 is 1.76 bits per heavy atom. The van der Waals surface area contributed by atoms with Crippen LogP contribution in [-0.2, 0) is 0 Å². The molecule has 6 heterocycles. The summed E-state index contributed by atoms with van der Waals surface area (Å²) in [5.74, 6) is -0.334. The number of aromatic nitrogens is 5. The second kappa shape index (κ2) is 7.90. The van der Waals surface area contributed by atoms with Crippen molar-refractivity contribution in [3.63, 3.8) is 0 Å². The number of anilines is 1. The van der Waals surface area contributed by atoms with Crippen LogP contribution in [0.1, 0.15) is 5.69 Å². The molecule has 0 amide bonds. The predicted molar refractivity (Wildman–Crippen MR) is 127 cm³/mol. The van der Waals surface area contributed by atoms with Crippen molar-refractivity contribution in [2.75, 3.05) is 31.1 Å². The quantitative estimate of drug-likeness (QED) is 0.460. The first-order chi connectivity index (χ1) is 16.2. The maximum Gasteiger partial charge on any atom is 0.144 e. The topological polar surface area (TPSA) is 71.2 Å². The first-order valence-electron chi connectivity index (χ1n) is 11.0. The number of hydrogen-bond donors (Lipinski definition) is 1. The molecule has 0 aliphatic carbocycles. The molecule has 0 radical (unpaired) electrons. The van der Waals surface area contributed by atoms with E-state index in [0.29, 0.717) is 17.1 Å². The van der Waals surface area contributed by atoms with Crippen molar-refractivity contribution in [2.24, 2.45) is 0 Å². The van der Waals surface area contributed by atoms with E-state index in [0.717, 1.165) is 59.9 Å². The fourth-order valence-corrected chi connectivity index (χ4v) is 4.32. The molecule has 0 atom stereocenters. The second-order valence-corrected chi connectivity index (χ2v) is 8.17. The molecule has 0 bridgehead atoms. The van der Waals surface area contributed by atoms with Gasteiger partial charge in [0.05, 0.1) is 40.0 Å². The summed E-state index contributed by atoms with van der Waals surface area (Å²) in [7, 11) is 0. The van der Waals surface area contributed by atoms with Gasteiger partial charge in [-0.2, -0.15) is 0 Å². The zero-order valence-corrected chi connectivity index (χ0v) is 18.2. The molecule has 1 N–H and O–H groups in total. The van der Waals surface area contributed by atoms with E-state index >= 15 is 0 Å². The number of piperazine rings is 1. The minimum Gasteiger partial charge on any atom is -0.368 e. The first kappa shape index (κ1) is 19.8. The zero-order chi connectivity index (χ0) is 22.4. The van der Waals surface area contributed by atoms with Gasteiger partial charge in [0.15, 0.2) is 0 Å². The van der Waals surface area contributed by atoms with Crippen molar-refractivity contribution < 1.29 is 4.39 Å². The summed E-state index contributed by atoms with van der Waals surface area (Å²) >= 11 is 0. The molecule has 1 aliphatic heterocycles. The summed E-state index contributed by atoms with van der Waals surface area (Å²) in [6.07, 6.45) is 3.87. The molecular weight excluding hydrogens is 417 g/mol. The van der Waals surface area contributed by atoms with Crippen LogP contribution in [-0.4, -0.2) is 50.5 Å². The number of rotatable bonds is 3. The number of pyridine rings is 4. The van der Waals surface area contributed by atoms with Gasteiger partial charge in [-0.15, -0.1) is 0 Å². The van der Waals surface area contributed by atoms with E-state index in [2.05, 4.69) is 26.3 Å². The number of aryl methyl sites for hydroxylation is 1. The van der Waals surface area contributed by atoms with Gasteiger partial charge >= 0.3 is 0 Å². The molecule has 5 aromatic rings. The molecule has 5 aromatic heterocycles. The fourth-order valence-electron chi connectivity index (χ4n) is 4.32. The Hall–Kier alpha value is -3.91. The predicted octanol–water partition coefficient (Wildman–Crippen LogP) is 3.86. The van der Waals surface area contributed by atoms with Gasteiger partial charge in [0, 0.05) is 32.4 Å². The monoisotopic (exact) mass is 439 g/mol. The van der Waals surface area contributed by atoms with E-state index in [1.54, 1.807) is 13.0 Å². The minimum atomic E-state index is -0.334. The third-order valence-electron chi connectivity index (χ3n) is 6.04. The van der Waals surface area contributed by atoms with Gasteiger partial charge in [0.2, 0.25) is 0 Å². The van der Waals surface area contributed by atoms with Crippen molar-refractivity contribution >= 4 is 22.4 Å². The summed E-state index contributed by atoms with van der Waals surface area (Å²) in [5, 5.41) is 3.38. The van der Waals surface area contributed by atoms with Gasteiger partial charge in [-0.1, -0.05) is 6.07 Å². The molecule has 0 aromatic carbocycles. The Bertz CT molecular complexity index is 1490. The van der Waals surface area contributed by atoms with Crippen molar-refractivity contribution in [3.8, 4) is 22.8 Å². The SMILES string of the molecule is Cc1nc(-c2nc3ccccn3c2-c2ccc3ncc(N4CCNCC4)cc3n2)ccc1F. The highest BCUT2D eigenvalue weighted by atomic mass is 19.1. The molecule has 1 aliphatic rings. The van der Waals surface area contributed by atoms with Crippen LogP contribution in [0.3, 0.4) is 0 Å². The average molecular weight is 439 g/mol. The smallest absolute Gasteiger partial charge is 0.144 e. The van der Waals surface area contributed by atoms with Gasteiger partial charge in [0.25, 0.3) is 0 Å². The highest BCUT2D eigenvalue weighted by Gasteiger charge is 2.19. The standard InChI is InChI=1S/C25H22FN7/c1-16-18(26)5-6-20(29-16)24-25(33-11-3-2-4-23(33)31-24)21-8-7-19-22(30-21)14-17(15-28-19)32-12-9-27-10-13-32/h2-8,11,14-15,27H,9-10,12-13H2,1H3. The van der Waals surface area contributed by atoms with Crippen molar-refractivity contribution in [2.45, 2.75) is 6.92 Å². The Morgan fingerprint density at radius 1 is 0.909 bits per heavy atom. The zero-order valence-electron chi connectivity index (χ0n) is 18.2. The van der Waals surface area contributed by atoms with Crippen LogP contribution in [0.5, 0.6) is 0 Å². The summed E-state index contributed by atoms with van der Waals surface area (Å²) in [4.78, 5) is 21.2. The number of nitrogens with one attached hydrogen (secondary N) is 1. The maximum atomic E-state index is 13.9. The van der Waals surface area contributed by atoms with Crippen LogP contribution in [0.2, 0.25) is 0 Å². The Morgan fingerprint density at radius 3 is 2.61 bits per heavy atom. The molecular formula is C25H22FN7. The fraction of sp³-hybridized carbons (Fsp3) is 0.200. The van der Waals surface area contributed by atoms with E-state index in [4.69, 9.17) is 9.97 Å². The number of fused-ring (bicyclic) bond motifs is 2. The molecule has 8 heteroatoms. The lowest BCUT2D eigenvalue weighted by Gasteiger charge is -2.29. The molecule has 33 heavy (non-hydrogen) atoms. The lowest BCUT2D eigenvalue weighted by Crippen LogP contribution is -2.43. The number of nitrogens with zero attached hydrogens (tertiary/aromatic N) is 6. The van der Waals surface area contributed by atoms with Crippen LogP contribution >= 0.6 is 0 Å². The van der Waals surface area contributed by atoms with Gasteiger partial charge in [-0.3, -0.25) is 9.38 Å². The highest BCUT2D eigenvalue weighted by Crippen LogP contribution is 2.32. The van der Waals surface area contributed by atoms with Crippen LogP contribution in [0.25, 0.3) is 39.5 Å². The van der Waals surface area contributed by atoms with Crippen LogP contribution in [0, 0.1) is 12.7 Å². The normalized spacial score (nSPS) is 14.3. The third-order valence-corrected chi connectivity index (χ3v) is 6.04. The molecule has 6 rings (SSSR count). The molecule has 0 spiro atoms. The lowest BCUT2D eigenvalue weighted by molar-refractivity contribution is 0.589. The molecule has 0 unspecified atom stereocenters. The van der Waals surface area contributed by atoms with Crippen LogP contribution in [0.4, 0.5) is 10.1 Å². The largest absolute Gasteiger partial charge is 0.368 e. The highest BCUT2D eigenvalue weighted by molar-refractivity contribution is 5.84. The van der Waals surface area contributed by atoms with Gasteiger partial charge < -0.3 is 10.2 Å².